The maximum atomic E-state index is 10.4. The van der Waals surface area contributed by atoms with Crippen LogP contribution in [0, 0.1) is 0 Å². The monoisotopic (exact) mass is 272 g/mol. The van der Waals surface area contributed by atoms with Gasteiger partial charge < -0.3 is 5.11 Å². The summed E-state index contributed by atoms with van der Waals surface area (Å²) in [5.74, 6) is 2.38. The van der Waals surface area contributed by atoms with E-state index in [1.54, 1.807) is 4.68 Å². The van der Waals surface area contributed by atoms with Crippen molar-refractivity contribution in [3.63, 3.8) is 0 Å². The fourth-order valence-electron chi connectivity index (χ4n) is 2.23. The van der Waals surface area contributed by atoms with Crippen LogP contribution in [0.1, 0.15) is 18.9 Å². The van der Waals surface area contributed by atoms with Crippen LogP contribution in [-0.4, -0.2) is 43.0 Å². The molecule has 2 heterocycles. The van der Waals surface area contributed by atoms with Gasteiger partial charge in [0.25, 0.3) is 0 Å². The maximum absolute atomic E-state index is 10.4. The number of hydrogen-bond acceptors (Lipinski definition) is 4. The molecule has 1 aromatic heterocycles. The van der Waals surface area contributed by atoms with Crippen LogP contribution in [0.2, 0.25) is 0 Å². The molecule has 1 fully saturated rings. The van der Waals surface area contributed by atoms with E-state index in [2.05, 4.69) is 12.0 Å². The van der Waals surface area contributed by atoms with Gasteiger partial charge in [0.1, 0.15) is 0 Å². The lowest BCUT2D eigenvalue weighted by Crippen LogP contribution is -2.37. The van der Waals surface area contributed by atoms with Crippen molar-refractivity contribution < 1.29 is 5.11 Å². The van der Waals surface area contributed by atoms with Crippen molar-refractivity contribution in [2.24, 2.45) is 7.05 Å². The maximum Gasteiger partial charge on any atom is 0.0710 e. The largest absolute Gasteiger partial charge is 0.392 e. The van der Waals surface area contributed by atoms with Gasteiger partial charge in [-0.2, -0.15) is 28.6 Å². The first-order valence-corrected chi connectivity index (χ1v) is 8.19. The first kappa shape index (κ1) is 13.3. The molecule has 0 amide bonds. The van der Waals surface area contributed by atoms with Crippen LogP contribution in [0.3, 0.4) is 0 Å². The SMILES string of the molecule is CCC1SCCSC1C(O)Cc1cnn(C)c1. The molecule has 0 aromatic carbocycles. The molecule has 1 saturated heterocycles. The lowest BCUT2D eigenvalue weighted by atomic mass is 10.1. The van der Waals surface area contributed by atoms with Crippen LogP contribution < -0.4 is 0 Å². The first-order chi connectivity index (χ1) is 8.20. The third-order valence-corrected chi connectivity index (χ3v) is 6.47. The van der Waals surface area contributed by atoms with E-state index in [1.807, 2.05) is 43.0 Å². The van der Waals surface area contributed by atoms with E-state index >= 15 is 0 Å². The van der Waals surface area contributed by atoms with Gasteiger partial charge in [-0.1, -0.05) is 6.92 Å². The van der Waals surface area contributed by atoms with Gasteiger partial charge in [0.05, 0.1) is 12.3 Å². The average molecular weight is 272 g/mol. The van der Waals surface area contributed by atoms with Gasteiger partial charge in [0, 0.05) is 41.7 Å². The topological polar surface area (TPSA) is 38.1 Å². The van der Waals surface area contributed by atoms with Crippen molar-refractivity contribution >= 4 is 23.5 Å². The molecule has 1 aliphatic heterocycles. The molecule has 0 bridgehead atoms. The molecule has 0 radical (unpaired) electrons. The molecule has 5 heteroatoms. The number of aliphatic hydroxyl groups excluding tert-OH is 1. The average Bonchev–Trinajstić information content (AvgIpc) is 2.74. The minimum absolute atomic E-state index is 0.248. The predicted octanol–water partition coefficient (Wildman–Crippen LogP) is 1.95. The zero-order chi connectivity index (χ0) is 12.3. The van der Waals surface area contributed by atoms with Gasteiger partial charge in [-0.15, -0.1) is 0 Å². The quantitative estimate of drug-likeness (QED) is 0.909. The molecule has 0 saturated carbocycles. The number of aliphatic hydroxyl groups is 1. The summed E-state index contributed by atoms with van der Waals surface area (Å²) in [6.07, 6.45) is 5.46. The van der Waals surface area contributed by atoms with Crippen molar-refractivity contribution in [2.45, 2.75) is 36.4 Å². The molecule has 3 nitrogen and oxygen atoms in total. The van der Waals surface area contributed by atoms with Crippen molar-refractivity contribution in [1.82, 2.24) is 9.78 Å². The Morgan fingerprint density at radius 3 is 2.94 bits per heavy atom. The highest BCUT2D eigenvalue weighted by Crippen LogP contribution is 2.35. The van der Waals surface area contributed by atoms with E-state index in [0.29, 0.717) is 10.5 Å². The number of hydrogen-bond donors (Lipinski definition) is 1. The Balaban J connectivity index is 1.95. The molecule has 1 N–H and O–H groups in total. The van der Waals surface area contributed by atoms with E-state index < -0.39 is 0 Å². The molecule has 3 unspecified atom stereocenters. The van der Waals surface area contributed by atoms with Crippen LogP contribution in [0.15, 0.2) is 12.4 Å². The Labute approximate surface area is 111 Å². The standard InChI is InChI=1S/C12H20N2OS2/c1-3-11-12(17-5-4-16-11)10(15)6-9-7-13-14(2)8-9/h7-8,10-12,15H,3-6H2,1-2H3. The molecule has 3 atom stereocenters. The molecule has 0 aliphatic carbocycles. The van der Waals surface area contributed by atoms with E-state index in [1.165, 1.54) is 5.75 Å². The van der Waals surface area contributed by atoms with Crippen LogP contribution in [0.5, 0.6) is 0 Å². The first-order valence-electron chi connectivity index (χ1n) is 6.09. The minimum atomic E-state index is -0.248. The second kappa shape index (κ2) is 6.16. The predicted molar refractivity (Wildman–Crippen MR) is 75.7 cm³/mol. The Kier molecular flexibility index (Phi) is 4.82. The third kappa shape index (κ3) is 3.42. The van der Waals surface area contributed by atoms with Gasteiger partial charge in [0.15, 0.2) is 0 Å². The van der Waals surface area contributed by atoms with Crippen molar-refractivity contribution in [3.05, 3.63) is 18.0 Å². The fourth-order valence-corrected chi connectivity index (χ4v) is 5.38. The van der Waals surface area contributed by atoms with Gasteiger partial charge >= 0.3 is 0 Å². The zero-order valence-corrected chi connectivity index (χ0v) is 12.0. The fraction of sp³-hybridized carbons (Fsp3) is 0.750. The molecule has 17 heavy (non-hydrogen) atoms. The number of aromatic nitrogens is 2. The third-order valence-electron chi connectivity index (χ3n) is 3.08. The minimum Gasteiger partial charge on any atom is -0.392 e. The second-order valence-electron chi connectivity index (χ2n) is 4.45. The number of aryl methyl sites for hydroxylation is 1. The Hall–Kier alpha value is -0.130. The lowest BCUT2D eigenvalue weighted by molar-refractivity contribution is 0.169. The summed E-state index contributed by atoms with van der Waals surface area (Å²) < 4.78 is 1.79. The molecule has 1 aromatic rings. The summed E-state index contributed by atoms with van der Waals surface area (Å²) in [6, 6.07) is 0. The lowest BCUT2D eigenvalue weighted by Gasteiger charge is -2.33. The number of rotatable bonds is 4. The van der Waals surface area contributed by atoms with Crippen LogP contribution in [0.4, 0.5) is 0 Å². The Morgan fingerprint density at radius 2 is 2.29 bits per heavy atom. The molecule has 0 spiro atoms. The Bertz CT molecular complexity index is 356. The van der Waals surface area contributed by atoms with Gasteiger partial charge in [0.2, 0.25) is 0 Å². The summed E-state index contributed by atoms with van der Waals surface area (Å²) in [5.41, 5.74) is 1.13. The van der Waals surface area contributed by atoms with E-state index in [0.717, 1.165) is 24.2 Å². The van der Waals surface area contributed by atoms with E-state index in [9.17, 15) is 5.11 Å². The zero-order valence-electron chi connectivity index (χ0n) is 10.4. The summed E-state index contributed by atoms with van der Waals surface area (Å²) >= 11 is 3.95. The number of thioether (sulfide) groups is 2. The second-order valence-corrected chi connectivity index (χ2v) is 7.08. The van der Waals surface area contributed by atoms with Gasteiger partial charge in [-0.3, -0.25) is 4.68 Å². The van der Waals surface area contributed by atoms with Crippen molar-refractivity contribution in [1.29, 1.82) is 0 Å². The van der Waals surface area contributed by atoms with Crippen molar-refractivity contribution in [3.8, 4) is 0 Å². The highest BCUT2D eigenvalue weighted by molar-refractivity contribution is 8.07. The van der Waals surface area contributed by atoms with Gasteiger partial charge in [-0.25, -0.2) is 0 Å². The molecule has 96 valence electrons. The van der Waals surface area contributed by atoms with Crippen LogP contribution >= 0.6 is 23.5 Å². The summed E-state index contributed by atoms with van der Waals surface area (Å²) in [6.45, 7) is 2.22. The van der Waals surface area contributed by atoms with Crippen LogP contribution in [-0.2, 0) is 13.5 Å². The van der Waals surface area contributed by atoms with Crippen LogP contribution in [0.25, 0.3) is 0 Å². The van der Waals surface area contributed by atoms with Gasteiger partial charge in [-0.05, 0) is 12.0 Å². The summed E-state index contributed by atoms with van der Waals surface area (Å²) in [5, 5.41) is 15.5. The number of nitrogens with zero attached hydrogens (tertiary/aromatic N) is 2. The molecular weight excluding hydrogens is 252 g/mol. The normalized spacial score (nSPS) is 27.0. The summed E-state index contributed by atoms with van der Waals surface area (Å²) in [7, 11) is 1.91. The van der Waals surface area contributed by atoms with E-state index in [4.69, 9.17) is 0 Å². The smallest absolute Gasteiger partial charge is 0.0710 e. The van der Waals surface area contributed by atoms with Crippen molar-refractivity contribution in [2.75, 3.05) is 11.5 Å². The highest BCUT2D eigenvalue weighted by Gasteiger charge is 2.31. The molecule has 1 aliphatic rings. The molecule has 2 rings (SSSR count). The summed E-state index contributed by atoms with van der Waals surface area (Å²) in [4.78, 5) is 0. The Morgan fingerprint density at radius 1 is 1.53 bits per heavy atom. The van der Waals surface area contributed by atoms with E-state index in [-0.39, 0.29) is 6.10 Å². The highest BCUT2D eigenvalue weighted by atomic mass is 32.2. The molecular formula is C12H20N2OS2.